The normalized spacial score (nSPS) is 14.1. The van der Waals surface area contributed by atoms with Crippen molar-refractivity contribution in [2.75, 3.05) is 0 Å². The molecule has 1 heterocycles. The third kappa shape index (κ3) is 6.73. The molecule has 7 heteroatoms. The molecular weight excluding hydrogens is 788 g/mol. The van der Waals surface area contributed by atoms with Gasteiger partial charge in [0.15, 0.2) is 5.78 Å². The molecule has 0 spiro atoms. The van der Waals surface area contributed by atoms with Gasteiger partial charge in [-0.05, 0) is 76.2 Å². The van der Waals surface area contributed by atoms with Gasteiger partial charge >= 0.3 is 6.18 Å². The minimum atomic E-state index is -4.40. The van der Waals surface area contributed by atoms with Crippen LogP contribution in [0, 0.1) is 16.9 Å². The van der Waals surface area contributed by atoms with Gasteiger partial charge in [0.05, 0.1) is 5.56 Å². The fourth-order valence-electron chi connectivity index (χ4n) is 6.49. The molecule has 5 aromatic rings. The van der Waals surface area contributed by atoms with Crippen molar-refractivity contribution in [2.45, 2.75) is 73.4 Å². The summed E-state index contributed by atoms with van der Waals surface area (Å²) in [6.45, 7) is 11.1. The van der Waals surface area contributed by atoms with E-state index < -0.39 is 17.2 Å². The zero-order chi connectivity index (χ0) is 33.9. The van der Waals surface area contributed by atoms with E-state index in [4.69, 9.17) is 0 Å². The average molecular weight is 827 g/mol. The van der Waals surface area contributed by atoms with E-state index in [1.165, 1.54) is 45.5 Å². The summed E-state index contributed by atoms with van der Waals surface area (Å²) < 4.78 is 40.8. The van der Waals surface area contributed by atoms with E-state index in [2.05, 4.69) is 35.3 Å². The monoisotopic (exact) mass is 827 g/mol. The SMILES string of the molecule is CC(C)(C)C(=O)/C=C(\O)C(C)(C)C.FC(F)(F)c1cccc2c1ccc1c(-c3[c-]c4c5c(c3)CCc3cccc(c3-5)CC4)nccc12.[Ir]. The van der Waals surface area contributed by atoms with Gasteiger partial charge in [-0.3, -0.25) is 4.79 Å². The van der Waals surface area contributed by atoms with Crippen LogP contribution in [0.4, 0.5) is 13.2 Å². The number of pyridine rings is 1. The first kappa shape index (κ1) is 35.5. The summed E-state index contributed by atoms with van der Waals surface area (Å²) in [6, 6.07) is 22.0. The third-order valence-corrected chi connectivity index (χ3v) is 9.16. The van der Waals surface area contributed by atoms with Crippen molar-refractivity contribution < 1.29 is 43.2 Å². The number of carbonyl (C=O) groups is 1. The van der Waals surface area contributed by atoms with Crippen LogP contribution >= 0.6 is 0 Å². The van der Waals surface area contributed by atoms with E-state index in [9.17, 15) is 23.1 Å². The number of rotatable bonds is 2. The standard InChI is InChI=1S/C30H19F3N.C11H20O2.Ir/c31-30(32,33)26-6-2-5-22-23-13-14-34-29(25(23)12-11-24(22)26)21-15-19-9-7-17-3-1-4-18-8-10-20(16-21)28(19)27(17)18;1-10(2,3)8(12)7-9(13)11(4,5)6;/h1-6,11-15H,7-10H2;7,12H,1-6H3;/q-1;;/b;8-7-;. The molecule has 7 rings (SSSR count). The van der Waals surface area contributed by atoms with E-state index in [-0.39, 0.29) is 42.4 Å². The smallest absolute Gasteiger partial charge is 0.417 e. The first-order valence-electron chi connectivity index (χ1n) is 16.1. The molecular formula is C41H39F3IrNO2-. The Morgan fingerprint density at radius 2 is 1.35 bits per heavy atom. The van der Waals surface area contributed by atoms with Crippen LogP contribution < -0.4 is 0 Å². The Kier molecular flexibility index (Phi) is 9.55. The molecule has 0 atom stereocenters. The number of aliphatic hydroxyl groups is 1. The van der Waals surface area contributed by atoms with Crippen molar-refractivity contribution in [1.29, 1.82) is 0 Å². The average Bonchev–Trinajstić information content (AvgIpc) is 3.01. The maximum atomic E-state index is 13.6. The summed E-state index contributed by atoms with van der Waals surface area (Å²) in [5.74, 6) is 0.104. The first-order chi connectivity index (χ1) is 22.0. The van der Waals surface area contributed by atoms with Crippen molar-refractivity contribution >= 4 is 27.3 Å². The zero-order valence-electron chi connectivity index (χ0n) is 28.0. The fourth-order valence-corrected chi connectivity index (χ4v) is 6.49. The van der Waals surface area contributed by atoms with Gasteiger partial charge in [0, 0.05) is 43.2 Å². The molecule has 4 aromatic carbocycles. The number of aromatic nitrogens is 1. The second-order valence-corrected chi connectivity index (χ2v) is 14.6. The van der Waals surface area contributed by atoms with Crippen LogP contribution in [0.5, 0.6) is 0 Å². The first-order valence-corrected chi connectivity index (χ1v) is 16.1. The Bertz CT molecular complexity index is 2030. The predicted molar refractivity (Wildman–Crippen MR) is 183 cm³/mol. The number of hydrogen-bond donors (Lipinski definition) is 1. The van der Waals surface area contributed by atoms with E-state index >= 15 is 0 Å². The molecule has 0 saturated carbocycles. The summed E-state index contributed by atoms with van der Waals surface area (Å²) in [4.78, 5) is 16.2. The Morgan fingerprint density at radius 3 is 2.00 bits per heavy atom. The second-order valence-electron chi connectivity index (χ2n) is 14.6. The number of nitrogens with zero attached hydrogens (tertiary/aromatic N) is 1. The molecule has 1 N–H and O–H groups in total. The molecule has 0 amide bonds. The number of alkyl halides is 3. The number of halogens is 3. The van der Waals surface area contributed by atoms with Gasteiger partial charge in [0.2, 0.25) is 0 Å². The van der Waals surface area contributed by atoms with E-state index in [1.807, 2.05) is 47.6 Å². The Hall–Kier alpha value is -3.80. The van der Waals surface area contributed by atoms with E-state index in [0.29, 0.717) is 5.39 Å². The van der Waals surface area contributed by atoms with E-state index in [0.717, 1.165) is 53.8 Å². The fraction of sp³-hybridized carbons (Fsp3) is 0.317. The Balaban J connectivity index is 0.000000277. The number of aliphatic hydroxyl groups excluding tert-OH is 1. The van der Waals surface area contributed by atoms with Crippen LogP contribution in [-0.2, 0) is 56.8 Å². The van der Waals surface area contributed by atoms with Crippen LogP contribution in [0.25, 0.3) is 43.9 Å². The number of aryl methyl sites for hydroxylation is 4. The summed E-state index contributed by atoms with van der Waals surface area (Å²) in [5.41, 5.74) is 8.45. The molecule has 0 saturated heterocycles. The minimum Gasteiger partial charge on any atom is -0.512 e. The summed E-state index contributed by atoms with van der Waals surface area (Å²) in [7, 11) is 0. The van der Waals surface area contributed by atoms with Crippen LogP contribution in [0.15, 0.2) is 78.7 Å². The van der Waals surface area contributed by atoms with Crippen molar-refractivity contribution in [3.8, 4) is 22.4 Å². The number of fused-ring (bicyclic) bond motifs is 3. The quantitative estimate of drug-likeness (QED) is 0.0835. The van der Waals surface area contributed by atoms with E-state index in [1.54, 1.807) is 24.4 Å². The minimum absolute atomic E-state index is 0. The molecule has 0 bridgehead atoms. The molecule has 251 valence electrons. The van der Waals surface area contributed by atoms with Crippen LogP contribution in [0.2, 0.25) is 0 Å². The molecule has 0 fully saturated rings. The van der Waals surface area contributed by atoms with Gasteiger partial charge in [-0.25, -0.2) is 0 Å². The van der Waals surface area contributed by atoms with Crippen LogP contribution in [-0.4, -0.2) is 15.9 Å². The van der Waals surface area contributed by atoms with Gasteiger partial charge in [-0.1, -0.05) is 95.1 Å². The zero-order valence-corrected chi connectivity index (χ0v) is 30.4. The molecule has 3 nitrogen and oxygen atoms in total. The molecule has 1 aromatic heterocycles. The van der Waals surface area contributed by atoms with Crippen LogP contribution in [0.3, 0.4) is 0 Å². The van der Waals surface area contributed by atoms with Crippen molar-refractivity contribution in [3.05, 3.63) is 113 Å². The molecule has 0 aliphatic heterocycles. The van der Waals surface area contributed by atoms with Crippen molar-refractivity contribution in [2.24, 2.45) is 10.8 Å². The maximum absolute atomic E-state index is 13.6. The van der Waals surface area contributed by atoms with Gasteiger partial charge in [0.25, 0.3) is 0 Å². The number of carbonyl (C=O) groups excluding carboxylic acids is 1. The number of ketones is 1. The Morgan fingerprint density at radius 1 is 0.750 bits per heavy atom. The molecule has 0 unspecified atom stereocenters. The number of hydrogen-bond acceptors (Lipinski definition) is 3. The molecule has 1 radical (unpaired) electrons. The van der Waals surface area contributed by atoms with Crippen molar-refractivity contribution in [3.63, 3.8) is 0 Å². The molecule has 2 aliphatic rings. The van der Waals surface area contributed by atoms with Crippen LogP contribution in [0.1, 0.15) is 69.4 Å². The topological polar surface area (TPSA) is 50.2 Å². The van der Waals surface area contributed by atoms with Gasteiger partial charge in [-0.2, -0.15) is 13.2 Å². The summed E-state index contributed by atoms with van der Waals surface area (Å²) in [6.07, 6.45) is 2.57. The number of benzene rings is 4. The number of allylic oxidation sites excluding steroid dienone is 2. The molecule has 2 aliphatic carbocycles. The second kappa shape index (κ2) is 12.9. The largest absolute Gasteiger partial charge is 0.512 e. The summed E-state index contributed by atoms with van der Waals surface area (Å²) >= 11 is 0. The third-order valence-electron chi connectivity index (χ3n) is 9.16. The van der Waals surface area contributed by atoms with Gasteiger partial charge in [-0.15, -0.1) is 28.8 Å². The molecule has 48 heavy (non-hydrogen) atoms. The van der Waals surface area contributed by atoms with Crippen molar-refractivity contribution in [1.82, 2.24) is 4.98 Å². The Labute approximate surface area is 293 Å². The summed E-state index contributed by atoms with van der Waals surface area (Å²) in [5, 5.41) is 12.0. The maximum Gasteiger partial charge on any atom is 0.417 e. The van der Waals surface area contributed by atoms with Gasteiger partial charge < -0.3 is 10.1 Å². The predicted octanol–water partition coefficient (Wildman–Crippen LogP) is 10.8. The van der Waals surface area contributed by atoms with Gasteiger partial charge in [0.1, 0.15) is 5.76 Å².